The van der Waals surface area contributed by atoms with Crippen LogP contribution in [-0.4, -0.2) is 13.1 Å². The fraction of sp³-hybridized carbons (Fsp3) is 0.467. The molecule has 1 aromatic carbocycles. The van der Waals surface area contributed by atoms with Gasteiger partial charge in [-0.2, -0.15) is 0 Å². The number of hydrogen-bond acceptors (Lipinski definition) is 2. The lowest BCUT2D eigenvalue weighted by molar-refractivity contribution is 0.408. The van der Waals surface area contributed by atoms with Crippen LogP contribution in [0.4, 0.5) is 5.69 Å². The second-order valence-electron chi connectivity index (χ2n) is 3.88. The van der Waals surface area contributed by atoms with Gasteiger partial charge in [0.05, 0.1) is 5.76 Å². The van der Waals surface area contributed by atoms with Gasteiger partial charge >= 0.3 is 0 Å². The van der Waals surface area contributed by atoms with E-state index in [-0.39, 0.29) is 0 Å². The first kappa shape index (κ1) is 13.6. The summed E-state index contributed by atoms with van der Waals surface area (Å²) in [5, 5.41) is 0. The third kappa shape index (κ3) is 3.81. The molecule has 0 bridgehead atoms. The zero-order chi connectivity index (χ0) is 12.7. The van der Waals surface area contributed by atoms with Gasteiger partial charge in [-0.1, -0.05) is 13.0 Å². The van der Waals surface area contributed by atoms with Gasteiger partial charge < -0.3 is 9.64 Å². The van der Waals surface area contributed by atoms with Crippen LogP contribution in [0.3, 0.4) is 0 Å². The zero-order valence-electron chi connectivity index (χ0n) is 11.4. The molecule has 0 aliphatic carbocycles. The van der Waals surface area contributed by atoms with E-state index >= 15 is 0 Å². The Hall–Kier alpha value is -1.44. The summed E-state index contributed by atoms with van der Waals surface area (Å²) in [7, 11) is 0. The number of ether oxygens (including phenoxy) is 1. The second kappa shape index (κ2) is 7.00. The van der Waals surface area contributed by atoms with Crippen molar-refractivity contribution in [2.45, 2.75) is 34.1 Å². The van der Waals surface area contributed by atoms with Crippen LogP contribution in [0.5, 0.6) is 5.75 Å². The van der Waals surface area contributed by atoms with Crippen molar-refractivity contribution in [3.05, 3.63) is 36.1 Å². The van der Waals surface area contributed by atoms with Crippen LogP contribution in [0.2, 0.25) is 0 Å². The molecule has 2 nitrogen and oxygen atoms in total. The fourth-order valence-electron chi connectivity index (χ4n) is 1.82. The molecule has 0 aromatic heterocycles. The van der Waals surface area contributed by atoms with Crippen molar-refractivity contribution >= 4 is 5.69 Å². The molecule has 0 spiro atoms. The summed E-state index contributed by atoms with van der Waals surface area (Å²) < 4.78 is 5.83. The average molecular weight is 233 g/mol. The van der Waals surface area contributed by atoms with Crippen molar-refractivity contribution < 1.29 is 4.74 Å². The monoisotopic (exact) mass is 233 g/mol. The highest BCUT2D eigenvalue weighted by Crippen LogP contribution is 2.23. The summed E-state index contributed by atoms with van der Waals surface area (Å²) in [5.41, 5.74) is 1.22. The molecule has 0 saturated heterocycles. The van der Waals surface area contributed by atoms with Crippen molar-refractivity contribution in [1.29, 1.82) is 0 Å². The highest BCUT2D eigenvalue weighted by Gasteiger charge is 2.04. The third-order valence-electron chi connectivity index (χ3n) is 2.87. The Labute approximate surface area is 105 Å². The molecule has 0 fully saturated rings. The van der Waals surface area contributed by atoms with Crippen molar-refractivity contribution in [3.63, 3.8) is 0 Å². The van der Waals surface area contributed by atoms with Crippen LogP contribution in [-0.2, 0) is 0 Å². The molecule has 2 heteroatoms. The summed E-state index contributed by atoms with van der Waals surface area (Å²) >= 11 is 0. The van der Waals surface area contributed by atoms with Gasteiger partial charge in [-0.05, 0) is 39.0 Å². The molecule has 1 rings (SSSR count). The third-order valence-corrected chi connectivity index (χ3v) is 2.87. The minimum absolute atomic E-state index is 0.921. The summed E-state index contributed by atoms with van der Waals surface area (Å²) in [6, 6.07) is 8.28. The molecule has 94 valence electrons. The first-order valence-electron chi connectivity index (χ1n) is 6.43. The molecule has 0 saturated carbocycles. The molecule has 0 amide bonds. The molecule has 0 N–H and O–H groups in total. The lowest BCUT2D eigenvalue weighted by atomic mass is 10.2. The first-order valence-corrected chi connectivity index (χ1v) is 6.43. The first-order chi connectivity index (χ1) is 8.24. The van der Waals surface area contributed by atoms with Crippen LogP contribution in [0.25, 0.3) is 0 Å². The van der Waals surface area contributed by atoms with Crippen LogP contribution in [0, 0.1) is 0 Å². The van der Waals surface area contributed by atoms with Crippen LogP contribution < -0.4 is 9.64 Å². The van der Waals surface area contributed by atoms with Gasteiger partial charge in [0, 0.05) is 31.3 Å². The summed E-state index contributed by atoms with van der Waals surface area (Å²) in [6.45, 7) is 10.5. The number of allylic oxidation sites excluding steroid dienone is 2. The fourth-order valence-corrected chi connectivity index (χ4v) is 1.82. The van der Waals surface area contributed by atoms with Gasteiger partial charge in [-0.15, -0.1) is 0 Å². The summed E-state index contributed by atoms with van der Waals surface area (Å²) in [5.74, 6) is 1.94. The lowest BCUT2D eigenvalue weighted by Crippen LogP contribution is -2.21. The van der Waals surface area contributed by atoms with Gasteiger partial charge in [0.1, 0.15) is 5.75 Å². The Morgan fingerprint density at radius 3 is 2.47 bits per heavy atom. The molecule has 0 aliphatic rings. The Balaban J connectivity index is 2.85. The number of hydrogen-bond donors (Lipinski definition) is 0. The van der Waals surface area contributed by atoms with E-state index in [9.17, 15) is 0 Å². The topological polar surface area (TPSA) is 12.5 Å². The Morgan fingerprint density at radius 2 is 1.94 bits per heavy atom. The molecule has 0 heterocycles. The van der Waals surface area contributed by atoms with Crippen LogP contribution >= 0.6 is 0 Å². The van der Waals surface area contributed by atoms with E-state index < -0.39 is 0 Å². The molecule has 0 radical (unpaired) electrons. The SMILES string of the molecule is CC=C(CC)Oc1cccc(N(CC)CC)c1. The zero-order valence-corrected chi connectivity index (χ0v) is 11.4. The standard InChI is InChI=1S/C15H23NO/c1-5-14(6-2)17-15-11-9-10-13(12-15)16(7-3)8-4/h5,9-12H,6-8H2,1-4H3. The van der Waals surface area contributed by atoms with E-state index in [2.05, 4.69) is 37.8 Å². The predicted octanol–water partition coefficient (Wildman–Crippen LogP) is 4.23. The minimum Gasteiger partial charge on any atom is -0.462 e. The number of benzene rings is 1. The Bertz CT molecular complexity index is 367. The van der Waals surface area contributed by atoms with E-state index in [1.54, 1.807) is 0 Å². The lowest BCUT2D eigenvalue weighted by Gasteiger charge is -2.21. The second-order valence-corrected chi connectivity index (χ2v) is 3.88. The highest BCUT2D eigenvalue weighted by atomic mass is 16.5. The van der Waals surface area contributed by atoms with E-state index in [0.717, 1.165) is 31.0 Å². The molecular weight excluding hydrogens is 210 g/mol. The van der Waals surface area contributed by atoms with E-state index in [4.69, 9.17) is 4.74 Å². The molecule has 17 heavy (non-hydrogen) atoms. The molecule has 1 aromatic rings. The Kier molecular flexibility index (Phi) is 5.61. The van der Waals surface area contributed by atoms with E-state index in [1.807, 2.05) is 25.1 Å². The van der Waals surface area contributed by atoms with Gasteiger partial charge in [-0.3, -0.25) is 0 Å². The molecule has 0 atom stereocenters. The predicted molar refractivity (Wildman–Crippen MR) is 74.7 cm³/mol. The number of rotatable bonds is 6. The quantitative estimate of drug-likeness (QED) is 0.682. The van der Waals surface area contributed by atoms with Crippen LogP contribution in [0.15, 0.2) is 36.1 Å². The van der Waals surface area contributed by atoms with Crippen molar-refractivity contribution in [2.24, 2.45) is 0 Å². The van der Waals surface area contributed by atoms with Crippen LogP contribution in [0.1, 0.15) is 34.1 Å². The molecule has 0 aliphatic heterocycles. The number of nitrogens with zero attached hydrogens (tertiary/aromatic N) is 1. The van der Waals surface area contributed by atoms with Gasteiger partial charge in [0.25, 0.3) is 0 Å². The van der Waals surface area contributed by atoms with Gasteiger partial charge in [0.2, 0.25) is 0 Å². The largest absolute Gasteiger partial charge is 0.462 e. The summed E-state index contributed by atoms with van der Waals surface area (Å²) in [6.07, 6.45) is 2.94. The maximum absolute atomic E-state index is 5.83. The maximum Gasteiger partial charge on any atom is 0.128 e. The Morgan fingerprint density at radius 1 is 1.24 bits per heavy atom. The average Bonchev–Trinajstić information content (AvgIpc) is 2.38. The number of anilines is 1. The normalized spacial score (nSPS) is 11.4. The van der Waals surface area contributed by atoms with Crippen molar-refractivity contribution in [3.8, 4) is 5.75 Å². The smallest absolute Gasteiger partial charge is 0.128 e. The highest BCUT2D eigenvalue weighted by molar-refractivity contribution is 5.50. The van der Waals surface area contributed by atoms with E-state index in [1.165, 1.54) is 5.69 Å². The van der Waals surface area contributed by atoms with Crippen molar-refractivity contribution in [1.82, 2.24) is 0 Å². The van der Waals surface area contributed by atoms with Crippen molar-refractivity contribution in [2.75, 3.05) is 18.0 Å². The molecular formula is C15H23NO. The summed E-state index contributed by atoms with van der Waals surface area (Å²) in [4.78, 5) is 2.31. The van der Waals surface area contributed by atoms with Gasteiger partial charge in [0.15, 0.2) is 0 Å². The molecule has 0 unspecified atom stereocenters. The minimum atomic E-state index is 0.921. The maximum atomic E-state index is 5.83. The van der Waals surface area contributed by atoms with Gasteiger partial charge in [-0.25, -0.2) is 0 Å². The van der Waals surface area contributed by atoms with E-state index in [0.29, 0.717) is 0 Å².